The number of nitrogens with one attached hydrogen (secondary N) is 1. The van der Waals surface area contributed by atoms with E-state index in [0.29, 0.717) is 34.2 Å². The molecule has 0 aliphatic carbocycles. The molecule has 1 aliphatic rings. The van der Waals surface area contributed by atoms with E-state index in [4.69, 9.17) is 25.8 Å². The number of halogens is 1. The monoisotopic (exact) mass is 369 g/mol. The average molecular weight is 370 g/mol. The summed E-state index contributed by atoms with van der Waals surface area (Å²) in [6, 6.07) is 13.0. The van der Waals surface area contributed by atoms with Gasteiger partial charge in [-0.3, -0.25) is 0 Å². The van der Waals surface area contributed by atoms with Gasteiger partial charge in [0.2, 0.25) is 0 Å². The van der Waals surface area contributed by atoms with Crippen molar-refractivity contribution in [1.29, 1.82) is 0 Å². The van der Waals surface area contributed by atoms with E-state index in [1.807, 2.05) is 24.3 Å². The summed E-state index contributed by atoms with van der Waals surface area (Å²) < 4.78 is 16.4. The zero-order chi connectivity index (χ0) is 18.3. The molecule has 2 aromatic carbocycles. The highest BCUT2D eigenvalue weighted by Gasteiger charge is 2.30. The number of H-pyrrole nitrogens is 1. The molecule has 1 aromatic heterocycles. The summed E-state index contributed by atoms with van der Waals surface area (Å²) in [5, 5.41) is 0.545. The van der Waals surface area contributed by atoms with E-state index >= 15 is 0 Å². The number of methoxy groups -OCH3 is 2. The first-order valence-electron chi connectivity index (χ1n) is 8.03. The fourth-order valence-electron chi connectivity index (χ4n) is 3.29. The molecule has 132 valence electrons. The Hall–Kier alpha value is -2.92. The van der Waals surface area contributed by atoms with Crippen LogP contribution >= 0.6 is 11.6 Å². The molecule has 6 heteroatoms. The van der Waals surface area contributed by atoms with Crippen LogP contribution in [0.1, 0.15) is 16.1 Å². The number of rotatable bonds is 3. The van der Waals surface area contributed by atoms with Crippen molar-refractivity contribution in [3.63, 3.8) is 0 Å². The first kappa shape index (κ1) is 16.5. The van der Waals surface area contributed by atoms with Crippen molar-refractivity contribution in [2.45, 2.75) is 6.61 Å². The molecule has 0 bridgehead atoms. The standard InChI is InChI=1S/C20H16ClNO4/c1-24-15-8-7-11(21)9-13(15)17-14-10-26-16-6-4-3-5-12(16)18(14)22-19(17)20(23)25-2/h3-9,22H,10H2,1-2H3. The van der Waals surface area contributed by atoms with E-state index in [9.17, 15) is 4.79 Å². The maximum absolute atomic E-state index is 12.5. The predicted octanol–water partition coefficient (Wildman–Crippen LogP) is 4.69. The van der Waals surface area contributed by atoms with Crippen LogP contribution in [-0.4, -0.2) is 25.2 Å². The minimum Gasteiger partial charge on any atom is -0.496 e. The van der Waals surface area contributed by atoms with Crippen LogP contribution in [0.5, 0.6) is 11.5 Å². The second-order valence-corrected chi connectivity index (χ2v) is 6.29. The van der Waals surface area contributed by atoms with Gasteiger partial charge in [0.15, 0.2) is 0 Å². The number of para-hydroxylation sites is 1. The fourth-order valence-corrected chi connectivity index (χ4v) is 3.46. The van der Waals surface area contributed by atoms with Crippen molar-refractivity contribution in [2.75, 3.05) is 14.2 Å². The second kappa shape index (κ2) is 6.42. The highest BCUT2D eigenvalue weighted by molar-refractivity contribution is 6.31. The summed E-state index contributed by atoms with van der Waals surface area (Å²) in [5.74, 6) is 0.913. The van der Waals surface area contributed by atoms with Crippen LogP contribution in [0.3, 0.4) is 0 Å². The Labute approximate surface area is 155 Å². The number of benzene rings is 2. The molecule has 2 heterocycles. The third kappa shape index (κ3) is 2.52. The van der Waals surface area contributed by atoms with Gasteiger partial charge in [-0.05, 0) is 30.3 Å². The van der Waals surface area contributed by atoms with E-state index in [-0.39, 0.29) is 0 Å². The molecule has 0 spiro atoms. The van der Waals surface area contributed by atoms with Crippen LogP contribution in [0.25, 0.3) is 22.4 Å². The number of hydrogen-bond acceptors (Lipinski definition) is 4. The quantitative estimate of drug-likeness (QED) is 0.680. The molecule has 4 rings (SSSR count). The van der Waals surface area contributed by atoms with Gasteiger partial charge in [-0.25, -0.2) is 4.79 Å². The van der Waals surface area contributed by atoms with Crippen LogP contribution in [0.2, 0.25) is 5.02 Å². The number of hydrogen-bond donors (Lipinski definition) is 1. The van der Waals surface area contributed by atoms with E-state index in [0.717, 1.165) is 22.6 Å². The molecule has 26 heavy (non-hydrogen) atoms. The molecule has 0 atom stereocenters. The topological polar surface area (TPSA) is 60.6 Å². The van der Waals surface area contributed by atoms with Crippen molar-refractivity contribution in [3.8, 4) is 33.9 Å². The predicted molar refractivity (Wildman–Crippen MR) is 98.9 cm³/mol. The SMILES string of the molecule is COC(=O)c1[nH]c2c(c1-c1cc(Cl)ccc1OC)COc1ccccc1-2. The zero-order valence-corrected chi connectivity index (χ0v) is 15.0. The Morgan fingerprint density at radius 2 is 1.96 bits per heavy atom. The highest BCUT2D eigenvalue weighted by atomic mass is 35.5. The summed E-state index contributed by atoms with van der Waals surface area (Å²) in [4.78, 5) is 15.7. The van der Waals surface area contributed by atoms with Crippen molar-refractivity contribution in [1.82, 2.24) is 4.98 Å². The van der Waals surface area contributed by atoms with E-state index < -0.39 is 5.97 Å². The Morgan fingerprint density at radius 3 is 2.73 bits per heavy atom. The maximum Gasteiger partial charge on any atom is 0.355 e. The van der Waals surface area contributed by atoms with Crippen molar-refractivity contribution >= 4 is 17.6 Å². The molecule has 3 aromatic rings. The van der Waals surface area contributed by atoms with Crippen LogP contribution in [-0.2, 0) is 11.3 Å². The Morgan fingerprint density at radius 1 is 1.15 bits per heavy atom. The number of ether oxygens (including phenoxy) is 3. The van der Waals surface area contributed by atoms with E-state index in [1.165, 1.54) is 7.11 Å². The summed E-state index contributed by atoms with van der Waals surface area (Å²) in [6.07, 6.45) is 0. The van der Waals surface area contributed by atoms with Crippen LogP contribution < -0.4 is 9.47 Å². The van der Waals surface area contributed by atoms with Gasteiger partial charge in [-0.1, -0.05) is 23.7 Å². The lowest BCUT2D eigenvalue weighted by Gasteiger charge is -2.19. The Kier molecular flexibility index (Phi) is 4.09. The molecule has 1 N–H and O–H groups in total. The smallest absolute Gasteiger partial charge is 0.355 e. The zero-order valence-electron chi connectivity index (χ0n) is 14.3. The van der Waals surface area contributed by atoms with Gasteiger partial charge in [-0.15, -0.1) is 0 Å². The summed E-state index contributed by atoms with van der Waals surface area (Å²) in [5.41, 5.74) is 4.33. The largest absolute Gasteiger partial charge is 0.496 e. The third-order valence-corrected chi connectivity index (χ3v) is 4.69. The minimum absolute atomic E-state index is 0.324. The van der Waals surface area contributed by atoms with Crippen LogP contribution in [0.15, 0.2) is 42.5 Å². The van der Waals surface area contributed by atoms with Gasteiger partial charge in [0, 0.05) is 27.3 Å². The van der Waals surface area contributed by atoms with E-state index in [2.05, 4.69) is 4.98 Å². The average Bonchev–Trinajstić information content (AvgIpc) is 3.07. The summed E-state index contributed by atoms with van der Waals surface area (Å²) in [6.45, 7) is 0.324. The van der Waals surface area contributed by atoms with Crippen molar-refractivity contribution in [2.24, 2.45) is 0 Å². The molecule has 0 saturated carbocycles. The Balaban J connectivity index is 2.03. The molecule has 0 unspecified atom stereocenters. The molecule has 0 fully saturated rings. The van der Waals surface area contributed by atoms with Crippen molar-refractivity contribution in [3.05, 3.63) is 58.7 Å². The lowest BCUT2D eigenvalue weighted by molar-refractivity contribution is 0.0596. The van der Waals surface area contributed by atoms with Gasteiger partial charge in [0.25, 0.3) is 0 Å². The lowest BCUT2D eigenvalue weighted by Crippen LogP contribution is -2.06. The van der Waals surface area contributed by atoms with Crippen LogP contribution in [0, 0.1) is 0 Å². The van der Waals surface area contributed by atoms with Gasteiger partial charge >= 0.3 is 5.97 Å². The number of fused-ring (bicyclic) bond motifs is 3. The first-order chi connectivity index (χ1) is 12.6. The van der Waals surface area contributed by atoms with Gasteiger partial charge < -0.3 is 19.2 Å². The molecular weight excluding hydrogens is 354 g/mol. The summed E-state index contributed by atoms with van der Waals surface area (Å²) in [7, 11) is 2.93. The number of esters is 1. The third-order valence-electron chi connectivity index (χ3n) is 4.45. The second-order valence-electron chi connectivity index (χ2n) is 5.85. The summed E-state index contributed by atoms with van der Waals surface area (Å²) >= 11 is 6.21. The number of carbonyl (C=O) groups excluding carboxylic acids is 1. The highest BCUT2D eigenvalue weighted by Crippen LogP contribution is 2.45. The normalized spacial score (nSPS) is 12.0. The molecule has 0 radical (unpaired) electrons. The number of aromatic nitrogens is 1. The van der Waals surface area contributed by atoms with Crippen molar-refractivity contribution < 1.29 is 19.0 Å². The minimum atomic E-state index is -0.464. The molecule has 1 aliphatic heterocycles. The maximum atomic E-state index is 12.5. The first-order valence-corrected chi connectivity index (χ1v) is 8.41. The van der Waals surface area contributed by atoms with Gasteiger partial charge in [-0.2, -0.15) is 0 Å². The molecular formula is C20H16ClNO4. The Bertz CT molecular complexity index is 1010. The fraction of sp³-hybridized carbons (Fsp3) is 0.150. The lowest BCUT2D eigenvalue weighted by atomic mass is 9.96. The molecule has 0 saturated heterocycles. The van der Waals surface area contributed by atoms with Crippen LogP contribution in [0.4, 0.5) is 0 Å². The van der Waals surface area contributed by atoms with E-state index in [1.54, 1.807) is 25.3 Å². The molecule has 5 nitrogen and oxygen atoms in total. The van der Waals surface area contributed by atoms with Gasteiger partial charge in [0.1, 0.15) is 23.8 Å². The number of aromatic amines is 1. The van der Waals surface area contributed by atoms with Gasteiger partial charge in [0.05, 0.1) is 19.9 Å². The number of carbonyl (C=O) groups is 1. The molecule has 0 amide bonds.